The van der Waals surface area contributed by atoms with Gasteiger partial charge in [0.2, 0.25) is 5.91 Å². The van der Waals surface area contributed by atoms with Gasteiger partial charge < -0.3 is 9.80 Å². The predicted molar refractivity (Wildman–Crippen MR) is 111 cm³/mol. The van der Waals surface area contributed by atoms with Crippen molar-refractivity contribution in [3.63, 3.8) is 0 Å². The number of thiophene rings is 1. The molecule has 0 saturated heterocycles. The summed E-state index contributed by atoms with van der Waals surface area (Å²) in [4.78, 5) is 26.4. The first-order chi connectivity index (χ1) is 13.0. The van der Waals surface area contributed by atoms with Gasteiger partial charge in [-0.15, -0.1) is 0 Å². The number of fused-ring (bicyclic) bond motifs is 1. The number of carbonyl (C=O) groups is 1. The zero-order valence-electron chi connectivity index (χ0n) is 15.6. The summed E-state index contributed by atoms with van der Waals surface area (Å²) in [6.07, 6.45) is 2.43. The van der Waals surface area contributed by atoms with E-state index in [2.05, 4.69) is 40.6 Å². The first kappa shape index (κ1) is 18.1. The molecule has 7 heteroatoms. The summed E-state index contributed by atoms with van der Waals surface area (Å²) in [7, 11) is 1.85. The number of rotatable bonds is 5. The Hall–Kier alpha value is -2.25. The standard InChI is InChI=1S/C20H22N4OS2/c1-13(2)24-17(19(25)23(3)11-15-6-4-5-8-21-15)10-16-20(24)27-18(22-16)14-7-9-26-12-14/h4-9,12-13,17H,10-11H2,1-3H3/t17-/m1/s1. The van der Waals surface area contributed by atoms with Gasteiger partial charge in [-0.25, -0.2) is 4.98 Å². The second-order valence-electron chi connectivity index (χ2n) is 7.02. The molecule has 0 fully saturated rings. The van der Waals surface area contributed by atoms with Gasteiger partial charge in [-0.2, -0.15) is 11.3 Å². The molecular formula is C20H22N4OS2. The number of anilines is 1. The Balaban J connectivity index is 1.55. The minimum Gasteiger partial charge on any atom is -0.347 e. The molecule has 0 bridgehead atoms. The summed E-state index contributed by atoms with van der Waals surface area (Å²) >= 11 is 3.37. The van der Waals surface area contributed by atoms with Crippen LogP contribution in [0.3, 0.4) is 0 Å². The number of aromatic nitrogens is 2. The van der Waals surface area contributed by atoms with E-state index in [1.807, 2.05) is 25.2 Å². The highest BCUT2D eigenvalue weighted by atomic mass is 32.1. The van der Waals surface area contributed by atoms with Crippen molar-refractivity contribution in [2.75, 3.05) is 11.9 Å². The number of thiazole rings is 1. The van der Waals surface area contributed by atoms with Crippen molar-refractivity contribution >= 4 is 33.6 Å². The largest absolute Gasteiger partial charge is 0.347 e. The van der Waals surface area contributed by atoms with E-state index in [4.69, 9.17) is 4.98 Å². The molecule has 0 radical (unpaired) electrons. The average Bonchev–Trinajstić information content (AvgIpc) is 3.36. The smallest absolute Gasteiger partial charge is 0.245 e. The molecule has 140 valence electrons. The van der Waals surface area contributed by atoms with Crippen molar-refractivity contribution in [1.29, 1.82) is 0 Å². The van der Waals surface area contributed by atoms with E-state index >= 15 is 0 Å². The van der Waals surface area contributed by atoms with Gasteiger partial charge >= 0.3 is 0 Å². The maximum Gasteiger partial charge on any atom is 0.245 e. The van der Waals surface area contributed by atoms with Crippen molar-refractivity contribution < 1.29 is 4.79 Å². The number of hydrogen-bond acceptors (Lipinski definition) is 6. The van der Waals surface area contributed by atoms with Crippen LogP contribution >= 0.6 is 22.7 Å². The van der Waals surface area contributed by atoms with Crippen LogP contribution in [-0.4, -0.2) is 39.9 Å². The number of amides is 1. The third-order valence-corrected chi connectivity index (χ3v) is 6.59. The Morgan fingerprint density at radius 2 is 2.22 bits per heavy atom. The van der Waals surface area contributed by atoms with Crippen LogP contribution in [0.2, 0.25) is 0 Å². The van der Waals surface area contributed by atoms with Crippen LogP contribution in [-0.2, 0) is 17.8 Å². The van der Waals surface area contributed by atoms with E-state index in [1.54, 1.807) is 33.8 Å². The van der Waals surface area contributed by atoms with Crippen LogP contribution in [0.1, 0.15) is 25.2 Å². The van der Waals surface area contributed by atoms with E-state index in [0.717, 1.165) is 21.4 Å². The summed E-state index contributed by atoms with van der Waals surface area (Å²) < 4.78 is 0. The molecule has 1 aliphatic heterocycles. The van der Waals surface area contributed by atoms with Crippen molar-refractivity contribution in [1.82, 2.24) is 14.9 Å². The van der Waals surface area contributed by atoms with Crippen LogP contribution < -0.4 is 4.90 Å². The van der Waals surface area contributed by atoms with Crippen LogP contribution in [0.25, 0.3) is 10.6 Å². The lowest BCUT2D eigenvalue weighted by molar-refractivity contribution is -0.131. The fourth-order valence-corrected chi connectivity index (χ4v) is 5.47. The molecule has 4 heterocycles. The number of pyridine rings is 1. The lowest BCUT2D eigenvalue weighted by Crippen LogP contribution is -2.48. The third-order valence-electron chi connectivity index (χ3n) is 4.74. The van der Waals surface area contributed by atoms with Gasteiger partial charge in [0.15, 0.2) is 0 Å². The van der Waals surface area contributed by atoms with Gasteiger partial charge in [0.1, 0.15) is 16.1 Å². The van der Waals surface area contributed by atoms with Crippen LogP contribution in [0.5, 0.6) is 0 Å². The fraction of sp³-hybridized carbons (Fsp3) is 0.350. The third kappa shape index (κ3) is 3.49. The minimum atomic E-state index is -0.191. The Labute approximate surface area is 167 Å². The Kier molecular flexibility index (Phi) is 4.97. The first-order valence-electron chi connectivity index (χ1n) is 9.00. The maximum atomic E-state index is 13.2. The molecule has 1 atom stereocenters. The fourth-order valence-electron chi connectivity index (χ4n) is 3.48. The molecule has 27 heavy (non-hydrogen) atoms. The molecule has 1 aliphatic rings. The molecule has 0 aliphatic carbocycles. The highest BCUT2D eigenvalue weighted by Crippen LogP contribution is 2.42. The van der Waals surface area contributed by atoms with Crippen molar-refractivity contribution in [3.8, 4) is 10.6 Å². The number of carbonyl (C=O) groups excluding carboxylic acids is 1. The maximum absolute atomic E-state index is 13.2. The normalized spacial score (nSPS) is 16.0. The molecule has 0 aromatic carbocycles. The van der Waals surface area contributed by atoms with Crippen LogP contribution in [0, 0.1) is 0 Å². The van der Waals surface area contributed by atoms with Gasteiger partial charge in [-0.1, -0.05) is 17.4 Å². The van der Waals surface area contributed by atoms with E-state index < -0.39 is 0 Å². The molecule has 1 amide bonds. The van der Waals surface area contributed by atoms with Crippen molar-refractivity contribution in [2.24, 2.45) is 0 Å². The quantitative estimate of drug-likeness (QED) is 0.650. The second-order valence-corrected chi connectivity index (χ2v) is 8.78. The molecule has 0 saturated carbocycles. The molecule has 4 rings (SSSR count). The zero-order chi connectivity index (χ0) is 19.0. The summed E-state index contributed by atoms with van der Waals surface area (Å²) in [5.74, 6) is 0.122. The molecule has 0 N–H and O–H groups in total. The summed E-state index contributed by atoms with van der Waals surface area (Å²) in [6, 6.07) is 7.93. The molecule has 0 spiro atoms. The highest BCUT2D eigenvalue weighted by Gasteiger charge is 2.40. The Morgan fingerprint density at radius 1 is 1.37 bits per heavy atom. The van der Waals surface area contributed by atoms with Crippen LogP contribution in [0.15, 0.2) is 41.2 Å². The van der Waals surface area contributed by atoms with Crippen molar-refractivity contribution in [2.45, 2.75) is 38.9 Å². The lowest BCUT2D eigenvalue weighted by atomic mass is 10.1. The topological polar surface area (TPSA) is 49.3 Å². The average molecular weight is 399 g/mol. The van der Waals surface area contributed by atoms with Gasteiger partial charge in [-0.05, 0) is 37.4 Å². The molecule has 5 nitrogen and oxygen atoms in total. The predicted octanol–water partition coefficient (Wildman–Crippen LogP) is 4.06. The lowest BCUT2D eigenvalue weighted by Gasteiger charge is -2.32. The monoisotopic (exact) mass is 398 g/mol. The van der Waals surface area contributed by atoms with Gasteiger partial charge in [0, 0.05) is 36.7 Å². The molecule has 0 unspecified atom stereocenters. The van der Waals surface area contributed by atoms with Gasteiger partial charge in [0.05, 0.1) is 17.9 Å². The SMILES string of the molecule is CC(C)N1c2sc(-c3ccsc3)nc2C[C@@H]1C(=O)N(C)Cc1ccccn1. The Bertz CT molecular complexity index is 921. The molecule has 3 aromatic rings. The number of likely N-dealkylation sites (N-methyl/N-ethyl adjacent to an activating group) is 1. The first-order valence-corrected chi connectivity index (χ1v) is 10.8. The Morgan fingerprint density at radius 3 is 2.89 bits per heavy atom. The minimum absolute atomic E-state index is 0.122. The van der Waals surface area contributed by atoms with E-state index in [9.17, 15) is 4.79 Å². The zero-order valence-corrected chi connectivity index (χ0v) is 17.3. The molecular weight excluding hydrogens is 376 g/mol. The highest BCUT2D eigenvalue weighted by molar-refractivity contribution is 7.19. The van der Waals surface area contributed by atoms with Crippen LogP contribution in [0.4, 0.5) is 5.00 Å². The summed E-state index contributed by atoms with van der Waals surface area (Å²) in [5, 5.41) is 6.37. The summed E-state index contributed by atoms with van der Waals surface area (Å²) in [6.45, 7) is 4.79. The summed E-state index contributed by atoms with van der Waals surface area (Å²) in [5.41, 5.74) is 3.10. The number of hydrogen-bond donors (Lipinski definition) is 0. The van der Waals surface area contributed by atoms with Gasteiger partial charge in [-0.3, -0.25) is 9.78 Å². The molecule has 3 aromatic heterocycles. The second kappa shape index (κ2) is 7.40. The number of nitrogens with zero attached hydrogens (tertiary/aromatic N) is 4. The van der Waals surface area contributed by atoms with E-state index in [0.29, 0.717) is 13.0 Å². The van der Waals surface area contributed by atoms with E-state index in [1.165, 1.54) is 5.56 Å². The van der Waals surface area contributed by atoms with E-state index in [-0.39, 0.29) is 18.0 Å². The van der Waals surface area contributed by atoms with Crippen molar-refractivity contribution in [3.05, 3.63) is 52.6 Å². The van der Waals surface area contributed by atoms with Gasteiger partial charge in [0.25, 0.3) is 0 Å².